The first-order chi connectivity index (χ1) is 10.2. The van der Waals surface area contributed by atoms with Crippen LogP contribution in [0.15, 0.2) is 35.7 Å². The molecule has 0 spiro atoms. The summed E-state index contributed by atoms with van der Waals surface area (Å²) in [5, 5.41) is 14.9. The number of ether oxygens (including phenoxy) is 2. The molecule has 0 aliphatic carbocycles. The van der Waals surface area contributed by atoms with Gasteiger partial charge in [-0.2, -0.15) is 0 Å². The minimum atomic E-state index is -0.653. The summed E-state index contributed by atoms with van der Waals surface area (Å²) in [4.78, 5) is 1.12. The molecule has 0 saturated heterocycles. The average molecular weight is 311 g/mol. The van der Waals surface area contributed by atoms with Crippen molar-refractivity contribution in [3.63, 3.8) is 0 Å². The second-order valence-corrected chi connectivity index (χ2v) is 5.51. The van der Waals surface area contributed by atoms with Crippen LogP contribution in [-0.2, 0) is 11.3 Å². The third-order valence-electron chi connectivity index (χ3n) is 2.83. The first-order valence-corrected chi connectivity index (χ1v) is 7.42. The topological polar surface area (TPSA) is 50.7 Å². The van der Waals surface area contributed by atoms with E-state index in [1.54, 1.807) is 17.4 Å². The highest BCUT2D eigenvalue weighted by atomic mass is 32.1. The maximum absolute atomic E-state index is 13.1. The molecule has 4 nitrogen and oxygen atoms in total. The summed E-state index contributed by atoms with van der Waals surface area (Å²) >= 11 is 1.62. The number of methoxy groups -OCH3 is 1. The van der Waals surface area contributed by atoms with E-state index in [-0.39, 0.29) is 12.4 Å². The van der Waals surface area contributed by atoms with Gasteiger partial charge in [0.25, 0.3) is 0 Å². The van der Waals surface area contributed by atoms with Gasteiger partial charge in [0.1, 0.15) is 11.6 Å². The van der Waals surface area contributed by atoms with Gasteiger partial charge in [-0.25, -0.2) is 4.39 Å². The minimum absolute atomic E-state index is 0.231. The summed E-state index contributed by atoms with van der Waals surface area (Å²) < 4.78 is 23.6. The molecule has 1 unspecified atom stereocenters. The van der Waals surface area contributed by atoms with Gasteiger partial charge >= 0.3 is 0 Å². The lowest BCUT2D eigenvalue weighted by molar-refractivity contribution is 0.0358. The predicted molar refractivity (Wildman–Crippen MR) is 81.4 cm³/mol. The van der Waals surface area contributed by atoms with Gasteiger partial charge in [0.2, 0.25) is 0 Å². The molecular weight excluding hydrogens is 293 g/mol. The molecule has 1 aromatic heterocycles. The largest absolute Gasteiger partial charge is 0.494 e. The molecule has 0 aliphatic heterocycles. The second-order valence-electron chi connectivity index (χ2n) is 4.47. The maximum atomic E-state index is 13.1. The van der Waals surface area contributed by atoms with Crippen LogP contribution in [0.5, 0.6) is 5.75 Å². The Bertz CT molecular complexity index is 548. The molecule has 1 heterocycles. The fourth-order valence-electron chi connectivity index (χ4n) is 1.79. The molecule has 0 radical (unpaired) electrons. The Balaban J connectivity index is 1.74. The first kappa shape index (κ1) is 15.8. The van der Waals surface area contributed by atoms with E-state index in [1.165, 1.54) is 19.2 Å². The van der Waals surface area contributed by atoms with Gasteiger partial charge in [-0.15, -0.1) is 11.3 Å². The van der Waals surface area contributed by atoms with E-state index in [9.17, 15) is 9.50 Å². The monoisotopic (exact) mass is 311 g/mol. The van der Waals surface area contributed by atoms with Crippen molar-refractivity contribution in [2.45, 2.75) is 12.7 Å². The summed E-state index contributed by atoms with van der Waals surface area (Å²) in [6, 6.07) is 8.15. The molecule has 21 heavy (non-hydrogen) atoms. The molecule has 2 N–H and O–H groups in total. The van der Waals surface area contributed by atoms with Crippen LogP contribution >= 0.6 is 11.3 Å². The Morgan fingerprint density at radius 3 is 2.95 bits per heavy atom. The van der Waals surface area contributed by atoms with E-state index in [0.29, 0.717) is 24.6 Å². The number of aliphatic hydroxyl groups is 1. The number of thiophene rings is 1. The Morgan fingerprint density at radius 1 is 1.38 bits per heavy atom. The predicted octanol–water partition coefficient (Wildman–Crippen LogP) is 2.89. The van der Waals surface area contributed by atoms with Crippen LogP contribution in [-0.4, -0.2) is 31.5 Å². The number of aliphatic hydroxyl groups excluding tert-OH is 1. The molecule has 114 valence electrons. The zero-order valence-corrected chi connectivity index (χ0v) is 12.5. The smallest absolute Gasteiger partial charge is 0.144 e. The summed E-state index contributed by atoms with van der Waals surface area (Å²) in [5.74, 6) is 0.0407. The van der Waals surface area contributed by atoms with Crippen LogP contribution in [0.25, 0.3) is 0 Å². The normalized spacial score (nSPS) is 12.1. The molecule has 0 bridgehead atoms. The van der Waals surface area contributed by atoms with Crippen LogP contribution < -0.4 is 10.1 Å². The number of anilines is 1. The number of halogens is 1. The summed E-state index contributed by atoms with van der Waals surface area (Å²) in [7, 11) is 1.47. The number of hydrogen-bond acceptors (Lipinski definition) is 5. The van der Waals surface area contributed by atoms with Crippen LogP contribution in [0.1, 0.15) is 4.88 Å². The average Bonchev–Trinajstić information content (AvgIpc) is 2.99. The first-order valence-electron chi connectivity index (χ1n) is 6.54. The summed E-state index contributed by atoms with van der Waals surface area (Å²) in [6.45, 7) is 1.02. The van der Waals surface area contributed by atoms with Crippen LogP contribution in [0.4, 0.5) is 10.1 Å². The van der Waals surface area contributed by atoms with Crippen molar-refractivity contribution in [3.8, 4) is 5.75 Å². The van der Waals surface area contributed by atoms with E-state index < -0.39 is 6.10 Å². The van der Waals surface area contributed by atoms with Gasteiger partial charge in [-0.3, -0.25) is 0 Å². The van der Waals surface area contributed by atoms with E-state index >= 15 is 0 Å². The molecule has 2 aromatic rings. The molecule has 1 aromatic carbocycles. The lowest BCUT2D eigenvalue weighted by atomic mass is 10.2. The van der Waals surface area contributed by atoms with Crippen molar-refractivity contribution in [1.82, 2.24) is 0 Å². The molecule has 0 fully saturated rings. The fraction of sp³-hybridized carbons (Fsp3) is 0.333. The van der Waals surface area contributed by atoms with Crippen molar-refractivity contribution < 1.29 is 19.0 Å². The van der Waals surface area contributed by atoms with Crippen LogP contribution in [0.2, 0.25) is 0 Å². The van der Waals surface area contributed by atoms with E-state index in [4.69, 9.17) is 9.47 Å². The maximum Gasteiger partial charge on any atom is 0.144 e. The Morgan fingerprint density at radius 2 is 2.24 bits per heavy atom. The number of rotatable bonds is 8. The van der Waals surface area contributed by atoms with Gasteiger partial charge in [-0.1, -0.05) is 6.07 Å². The zero-order valence-electron chi connectivity index (χ0n) is 11.7. The standard InChI is InChI=1S/C15H18FNO3S/c1-19-15-7-11(16)4-5-14(15)17-8-12(18)9-20-10-13-3-2-6-21-13/h2-7,12,17-18H,8-10H2,1H3. The lowest BCUT2D eigenvalue weighted by Gasteiger charge is -2.15. The molecule has 2 rings (SSSR count). The van der Waals surface area contributed by atoms with Crippen LogP contribution in [0.3, 0.4) is 0 Å². The quantitative estimate of drug-likeness (QED) is 0.787. The third-order valence-corrected chi connectivity index (χ3v) is 3.68. The number of nitrogens with one attached hydrogen (secondary N) is 1. The zero-order chi connectivity index (χ0) is 15.1. The fourth-order valence-corrected chi connectivity index (χ4v) is 2.43. The van der Waals surface area contributed by atoms with Crippen molar-refractivity contribution in [2.24, 2.45) is 0 Å². The molecule has 1 atom stereocenters. The number of hydrogen-bond donors (Lipinski definition) is 2. The van der Waals surface area contributed by atoms with Crippen LogP contribution in [0, 0.1) is 5.82 Å². The second kappa shape index (κ2) is 7.97. The highest BCUT2D eigenvalue weighted by Gasteiger charge is 2.08. The third kappa shape index (κ3) is 5.00. The Hall–Kier alpha value is -1.63. The van der Waals surface area contributed by atoms with Crippen molar-refractivity contribution in [2.75, 3.05) is 25.6 Å². The van der Waals surface area contributed by atoms with E-state index in [1.807, 2.05) is 17.5 Å². The summed E-state index contributed by atoms with van der Waals surface area (Å²) in [5.41, 5.74) is 0.635. The SMILES string of the molecule is COc1cc(F)ccc1NCC(O)COCc1cccs1. The Kier molecular flexibility index (Phi) is 5.98. The highest BCUT2D eigenvalue weighted by Crippen LogP contribution is 2.24. The lowest BCUT2D eigenvalue weighted by Crippen LogP contribution is -2.24. The highest BCUT2D eigenvalue weighted by molar-refractivity contribution is 7.09. The van der Waals surface area contributed by atoms with Crippen molar-refractivity contribution in [3.05, 3.63) is 46.4 Å². The molecule has 0 aliphatic rings. The van der Waals surface area contributed by atoms with Gasteiger partial charge in [0, 0.05) is 17.5 Å². The molecule has 6 heteroatoms. The number of benzene rings is 1. The molecule has 0 saturated carbocycles. The molecular formula is C15H18FNO3S. The van der Waals surface area contributed by atoms with Gasteiger partial charge in [0.15, 0.2) is 0 Å². The van der Waals surface area contributed by atoms with Gasteiger partial charge in [0.05, 0.1) is 32.1 Å². The minimum Gasteiger partial charge on any atom is -0.494 e. The van der Waals surface area contributed by atoms with Gasteiger partial charge < -0.3 is 19.9 Å². The van der Waals surface area contributed by atoms with Crippen molar-refractivity contribution in [1.29, 1.82) is 0 Å². The van der Waals surface area contributed by atoms with Crippen molar-refractivity contribution >= 4 is 17.0 Å². The Labute approximate surface area is 127 Å². The van der Waals surface area contributed by atoms with E-state index in [0.717, 1.165) is 4.88 Å². The van der Waals surface area contributed by atoms with E-state index in [2.05, 4.69) is 5.32 Å². The molecule has 0 amide bonds. The summed E-state index contributed by atoms with van der Waals surface area (Å²) in [6.07, 6.45) is -0.653. The van der Waals surface area contributed by atoms with Gasteiger partial charge in [-0.05, 0) is 23.6 Å².